The first-order valence-corrected chi connectivity index (χ1v) is 8.15. The number of hydrogen-bond donors (Lipinski definition) is 2. The second-order valence-corrected chi connectivity index (χ2v) is 6.47. The Morgan fingerprint density at radius 3 is 2.67 bits per heavy atom. The van der Waals surface area contributed by atoms with Gasteiger partial charge in [-0.3, -0.25) is 9.59 Å². The predicted octanol–water partition coefficient (Wildman–Crippen LogP) is 3.42. The summed E-state index contributed by atoms with van der Waals surface area (Å²) in [5.74, 6) is -1.05. The van der Waals surface area contributed by atoms with E-state index in [9.17, 15) is 22.8 Å². The molecular formula is C19H17F3N2O3. The summed E-state index contributed by atoms with van der Waals surface area (Å²) >= 11 is 0. The average Bonchev–Trinajstić information content (AvgIpc) is 2.60. The van der Waals surface area contributed by atoms with Crippen molar-refractivity contribution in [2.24, 2.45) is 0 Å². The second kappa shape index (κ2) is 6.61. The molecule has 1 atom stereocenters. The van der Waals surface area contributed by atoms with Gasteiger partial charge in [0.05, 0.1) is 11.3 Å². The van der Waals surface area contributed by atoms with Crippen LogP contribution in [0.25, 0.3) is 0 Å². The Morgan fingerprint density at radius 2 is 1.96 bits per heavy atom. The van der Waals surface area contributed by atoms with Crippen molar-refractivity contribution in [2.45, 2.75) is 32.2 Å². The van der Waals surface area contributed by atoms with Gasteiger partial charge in [-0.1, -0.05) is 18.2 Å². The normalized spacial score (nSPS) is 18.9. The molecule has 142 valence electrons. The third-order valence-corrected chi connectivity index (χ3v) is 4.27. The van der Waals surface area contributed by atoms with Crippen LogP contribution in [-0.2, 0) is 22.3 Å². The molecule has 8 heteroatoms. The van der Waals surface area contributed by atoms with Crippen molar-refractivity contribution < 1.29 is 27.5 Å². The number of halogens is 3. The zero-order valence-corrected chi connectivity index (χ0v) is 14.6. The van der Waals surface area contributed by atoms with Crippen molar-refractivity contribution in [3.8, 4) is 5.75 Å². The monoisotopic (exact) mass is 378 g/mol. The molecule has 1 aliphatic heterocycles. The van der Waals surface area contributed by atoms with E-state index >= 15 is 0 Å². The Hall–Kier alpha value is -3.03. The molecule has 1 unspecified atom stereocenters. The molecule has 0 fully saturated rings. The topological polar surface area (TPSA) is 67.4 Å². The Labute approximate surface area is 153 Å². The van der Waals surface area contributed by atoms with Gasteiger partial charge < -0.3 is 15.4 Å². The van der Waals surface area contributed by atoms with E-state index in [2.05, 4.69) is 10.6 Å². The highest BCUT2D eigenvalue weighted by atomic mass is 19.4. The van der Waals surface area contributed by atoms with Crippen molar-refractivity contribution in [3.63, 3.8) is 0 Å². The quantitative estimate of drug-likeness (QED) is 0.805. The molecule has 2 N–H and O–H groups in total. The molecule has 5 nitrogen and oxygen atoms in total. The van der Waals surface area contributed by atoms with Crippen LogP contribution < -0.4 is 15.4 Å². The largest absolute Gasteiger partial charge is 0.466 e. The fraction of sp³-hybridized carbons (Fsp3) is 0.263. The molecule has 0 saturated carbocycles. The van der Waals surface area contributed by atoms with Crippen LogP contribution in [0.15, 0.2) is 42.5 Å². The molecule has 0 spiro atoms. The number of fused-ring (bicyclic) bond motifs is 1. The van der Waals surface area contributed by atoms with Gasteiger partial charge in [-0.05, 0) is 49.2 Å². The SMILES string of the molecule is Cc1ccc2c(c1)NC(=O)C(C)(C(=O)NCc1cccc(C(F)(F)F)c1)O2. The van der Waals surface area contributed by atoms with Gasteiger partial charge in [0.1, 0.15) is 5.75 Å². The van der Waals surface area contributed by atoms with Crippen molar-refractivity contribution in [2.75, 3.05) is 5.32 Å². The first kappa shape index (κ1) is 18.8. The summed E-state index contributed by atoms with van der Waals surface area (Å²) in [6.45, 7) is 2.99. The molecule has 27 heavy (non-hydrogen) atoms. The molecule has 0 aliphatic carbocycles. The van der Waals surface area contributed by atoms with Crippen LogP contribution in [0.2, 0.25) is 0 Å². The number of nitrogens with one attached hydrogen (secondary N) is 2. The summed E-state index contributed by atoms with van der Waals surface area (Å²) in [5.41, 5.74) is -1.01. The summed E-state index contributed by atoms with van der Waals surface area (Å²) in [6.07, 6.45) is -4.47. The molecular weight excluding hydrogens is 361 g/mol. The van der Waals surface area contributed by atoms with E-state index in [0.717, 1.165) is 17.7 Å². The van der Waals surface area contributed by atoms with Gasteiger partial charge >= 0.3 is 6.18 Å². The number of alkyl halides is 3. The van der Waals surface area contributed by atoms with Gasteiger partial charge in [0, 0.05) is 6.54 Å². The lowest BCUT2D eigenvalue weighted by Crippen LogP contribution is -2.58. The maximum absolute atomic E-state index is 12.8. The third kappa shape index (κ3) is 3.74. The fourth-order valence-corrected chi connectivity index (χ4v) is 2.70. The molecule has 0 bridgehead atoms. The minimum atomic E-state index is -4.47. The molecule has 0 aromatic heterocycles. The summed E-state index contributed by atoms with van der Waals surface area (Å²) in [7, 11) is 0. The second-order valence-electron chi connectivity index (χ2n) is 6.47. The van der Waals surface area contributed by atoms with Crippen molar-refractivity contribution in [3.05, 3.63) is 59.2 Å². The summed E-state index contributed by atoms with van der Waals surface area (Å²) in [4.78, 5) is 24.9. The molecule has 2 aromatic rings. The third-order valence-electron chi connectivity index (χ3n) is 4.27. The maximum Gasteiger partial charge on any atom is 0.416 e. The van der Waals surface area contributed by atoms with E-state index in [4.69, 9.17) is 4.74 Å². The van der Waals surface area contributed by atoms with Gasteiger partial charge in [-0.2, -0.15) is 13.2 Å². The number of aryl methyl sites for hydroxylation is 1. The zero-order chi connectivity index (χ0) is 19.8. The van der Waals surface area contributed by atoms with E-state index in [1.807, 2.05) is 6.92 Å². The molecule has 0 radical (unpaired) electrons. The van der Waals surface area contributed by atoms with E-state index in [-0.39, 0.29) is 12.1 Å². The predicted molar refractivity (Wildman–Crippen MR) is 92.1 cm³/mol. The van der Waals surface area contributed by atoms with Crippen LogP contribution in [0.4, 0.5) is 18.9 Å². The van der Waals surface area contributed by atoms with Crippen molar-refractivity contribution in [1.82, 2.24) is 5.32 Å². The lowest BCUT2D eigenvalue weighted by Gasteiger charge is -2.33. The molecule has 1 heterocycles. The van der Waals surface area contributed by atoms with Crippen molar-refractivity contribution in [1.29, 1.82) is 0 Å². The van der Waals surface area contributed by atoms with E-state index < -0.39 is 29.2 Å². The van der Waals surface area contributed by atoms with Crippen LogP contribution in [0.1, 0.15) is 23.6 Å². The maximum atomic E-state index is 12.8. The van der Waals surface area contributed by atoms with Gasteiger partial charge in [0.2, 0.25) is 0 Å². The van der Waals surface area contributed by atoms with Crippen LogP contribution >= 0.6 is 0 Å². The smallest absolute Gasteiger partial charge is 0.416 e. The van der Waals surface area contributed by atoms with Gasteiger partial charge in [0.15, 0.2) is 0 Å². The number of hydrogen-bond acceptors (Lipinski definition) is 3. The highest BCUT2D eigenvalue weighted by Gasteiger charge is 2.47. The summed E-state index contributed by atoms with van der Waals surface area (Å²) < 4.78 is 43.9. The highest BCUT2D eigenvalue weighted by Crippen LogP contribution is 2.34. The molecule has 2 aromatic carbocycles. The van der Waals surface area contributed by atoms with Crippen molar-refractivity contribution >= 4 is 17.5 Å². The summed E-state index contributed by atoms with van der Waals surface area (Å²) in [5, 5.41) is 5.09. The molecule has 0 saturated heterocycles. The average molecular weight is 378 g/mol. The Balaban J connectivity index is 1.74. The first-order chi connectivity index (χ1) is 12.6. The number of benzene rings is 2. The summed E-state index contributed by atoms with van der Waals surface area (Å²) in [6, 6.07) is 9.74. The van der Waals surface area contributed by atoms with E-state index in [0.29, 0.717) is 11.4 Å². The van der Waals surface area contributed by atoms with Gasteiger partial charge in [-0.25, -0.2) is 0 Å². The minimum Gasteiger partial charge on any atom is -0.466 e. The number of ether oxygens (including phenoxy) is 1. The van der Waals surface area contributed by atoms with Crippen LogP contribution in [0.5, 0.6) is 5.75 Å². The lowest BCUT2D eigenvalue weighted by atomic mass is 10.0. The number of anilines is 1. The molecule has 3 rings (SSSR count). The number of rotatable bonds is 3. The Kier molecular flexibility index (Phi) is 4.59. The number of amides is 2. The Morgan fingerprint density at radius 1 is 1.22 bits per heavy atom. The fourth-order valence-electron chi connectivity index (χ4n) is 2.70. The number of carbonyl (C=O) groups is 2. The van der Waals surface area contributed by atoms with Crippen LogP contribution in [0.3, 0.4) is 0 Å². The molecule has 1 aliphatic rings. The highest BCUT2D eigenvalue weighted by molar-refractivity contribution is 6.15. The molecule has 2 amide bonds. The lowest BCUT2D eigenvalue weighted by molar-refractivity contribution is -0.146. The van der Waals surface area contributed by atoms with Crippen LogP contribution in [0, 0.1) is 6.92 Å². The van der Waals surface area contributed by atoms with E-state index in [1.54, 1.807) is 18.2 Å². The van der Waals surface area contributed by atoms with Gasteiger partial charge in [0.25, 0.3) is 17.4 Å². The Bertz CT molecular complexity index is 911. The first-order valence-electron chi connectivity index (χ1n) is 8.15. The van der Waals surface area contributed by atoms with Gasteiger partial charge in [-0.15, -0.1) is 0 Å². The van der Waals surface area contributed by atoms with Crippen LogP contribution in [-0.4, -0.2) is 17.4 Å². The minimum absolute atomic E-state index is 0.171. The number of carbonyl (C=O) groups excluding carboxylic acids is 2. The zero-order valence-electron chi connectivity index (χ0n) is 14.6. The van der Waals surface area contributed by atoms with E-state index in [1.165, 1.54) is 19.1 Å². The standard InChI is InChI=1S/C19H17F3N2O3/c1-11-6-7-15-14(8-11)24-17(26)18(2,27-15)16(25)23-10-12-4-3-5-13(9-12)19(20,21)22/h3-9H,10H2,1-2H3,(H,23,25)(H,24,26).